The van der Waals surface area contributed by atoms with Crippen LogP contribution in [0.25, 0.3) is 5.73 Å². The molecule has 0 spiro atoms. The Morgan fingerprint density at radius 1 is 1.00 bits per heavy atom. The summed E-state index contributed by atoms with van der Waals surface area (Å²) in [5.41, 5.74) is 12.4. The molecule has 2 aromatic rings. The van der Waals surface area contributed by atoms with Crippen molar-refractivity contribution in [3.63, 3.8) is 0 Å². The molecule has 1 aromatic heterocycles. The SMILES string of the molecule is CC.Cc1[c-]cnc(C)c1C.Cc1ccccc1[NH-].[Rb+].[Re].[Rf]. The number of hydrogen-bond acceptors (Lipinski definition) is 1. The van der Waals surface area contributed by atoms with Gasteiger partial charge in [-0.2, -0.15) is 5.56 Å². The number of rotatable bonds is 0. The zero-order chi connectivity index (χ0) is 14.8. The van der Waals surface area contributed by atoms with Gasteiger partial charge in [0, 0.05) is 20.4 Å². The molecule has 0 aliphatic carbocycles. The quantitative estimate of drug-likeness (QED) is 0.379. The van der Waals surface area contributed by atoms with Gasteiger partial charge in [-0.05, 0) is 19.5 Å². The molecule has 0 saturated carbocycles. The van der Waals surface area contributed by atoms with Gasteiger partial charge in [-0.1, -0.05) is 56.8 Å². The number of aryl methyl sites for hydroxylation is 3. The van der Waals surface area contributed by atoms with Gasteiger partial charge in [-0.25, -0.2) is 11.6 Å². The van der Waals surface area contributed by atoms with E-state index < -0.39 is 0 Å². The van der Waals surface area contributed by atoms with Crippen molar-refractivity contribution in [3.05, 3.63) is 64.6 Å². The van der Waals surface area contributed by atoms with E-state index in [1.807, 2.05) is 52.8 Å². The molecule has 0 atom stereocenters. The van der Waals surface area contributed by atoms with Crippen LogP contribution in [0.4, 0.5) is 5.69 Å². The van der Waals surface area contributed by atoms with Gasteiger partial charge >= 0.3 is 58.2 Å². The first-order valence-corrected chi connectivity index (χ1v) is 6.60. The van der Waals surface area contributed by atoms with Crippen molar-refractivity contribution in [2.45, 2.75) is 41.5 Å². The zero-order valence-corrected chi connectivity index (χ0v) is 29.0. The molecule has 5 heteroatoms. The van der Waals surface area contributed by atoms with E-state index in [4.69, 9.17) is 5.73 Å². The Kier molecular flexibility index (Phi) is 22.9. The molecule has 0 aliphatic rings. The van der Waals surface area contributed by atoms with Crippen LogP contribution in [0.5, 0.6) is 0 Å². The summed E-state index contributed by atoms with van der Waals surface area (Å²) in [6.45, 7) is 12.1. The predicted molar refractivity (Wildman–Crippen MR) is 83.8 cm³/mol. The maximum absolute atomic E-state index is 7.22. The molecule has 0 fully saturated rings. The Labute approximate surface area is 192 Å². The van der Waals surface area contributed by atoms with Crippen molar-refractivity contribution >= 4 is 5.69 Å². The van der Waals surface area contributed by atoms with Crippen LogP contribution in [0.2, 0.25) is 0 Å². The fourth-order valence-electron chi connectivity index (χ4n) is 1.28. The van der Waals surface area contributed by atoms with Crippen LogP contribution in [-0.2, 0) is 20.4 Å². The molecule has 0 bridgehead atoms. The van der Waals surface area contributed by atoms with E-state index in [1.54, 1.807) is 12.3 Å². The van der Waals surface area contributed by atoms with E-state index in [-0.39, 0.29) is 78.6 Å². The van der Waals surface area contributed by atoms with Crippen LogP contribution in [0.1, 0.15) is 36.2 Å². The largest absolute Gasteiger partial charge is 1.00 e. The van der Waals surface area contributed by atoms with Crippen molar-refractivity contribution in [3.8, 4) is 0 Å². The van der Waals surface area contributed by atoms with Crippen LogP contribution < -0.4 is 58.2 Å². The normalized spacial score (nSPS) is 7.55. The fraction of sp³-hybridized carbons (Fsp3) is 0.353. The number of aromatic nitrogens is 1. The predicted octanol–water partition coefficient (Wildman–Crippen LogP) is 2.51. The second-order valence-electron chi connectivity index (χ2n) is 4.05. The maximum atomic E-state index is 7.22. The van der Waals surface area contributed by atoms with Gasteiger partial charge in [0.2, 0.25) is 0 Å². The summed E-state index contributed by atoms with van der Waals surface area (Å²) in [4.78, 5) is 4.08. The molecule has 0 unspecified atom stereocenters. The van der Waals surface area contributed by atoms with Gasteiger partial charge in [-0.15, -0.1) is 12.6 Å². The topological polar surface area (TPSA) is 36.7 Å². The molecular weight excluding hydrogens is 771 g/mol. The first-order valence-electron chi connectivity index (χ1n) is 6.60. The number of pyridine rings is 1. The van der Waals surface area contributed by atoms with Gasteiger partial charge in [0.1, 0.15) is 0 Å². The summed E-state index contributed by atoms with van der Waals surface area (Å²) in [7, 11) is 0. The van der Waals surface area contributed by atoms with Crippen LogP contribution >= 0.6 is 0 Å². The van der Waals surface area contributed by atoms with E-state index in [9.17, 15) is 0 Å². The molecular formula is C17H24N2RbReRf-. The number of nitrogens with zero attached hydrogens (tertiary/aromatic N) is 1. The third-order valence-electron chi connectivity index (χ3n) is 2.79. The van der Waals surface area contributed by atoms with E-state index in [1.165, 1.54) is 11.1 Å². The summed E-state index contributed by atoms with van der Waals surface area (Å²) in [6, 6.07) is 10.6. The molecule has 2 rings (SSSR count). The average molecular weight is 795 g/mol. The van der Waals surface area contributed by atoms with Gasteiger partial charge in [0.05, 0.1) is 0 Å². The van der Waals surface area contributed by atoms with E-state index >= 15 is 0 Å². The third kappa shape index (κ3) is 11.2. The van der Waals surface area contributed by atoms with Crippen molar-refractivity contribution in [1.29, 1.82) is 0 Å². The van der Waals surface area contributed by atoms with Crippen molar-refractivity contribution in [2.24, 2.45) is 0 Å². The first-order chi connectivity index (χ1) is 9.02. The number of nitrogens with one attached hydrogen (secondary N) is 1. The zero-order valence-electron chi connectivity index (χ0n) is 14.9. The molecule has 1 radical (unpaired) electrons. The Morgan fingerprint density at radius 3 is 1.82 bits per heavy atom. The van der Waals surface area contributed by atoms with Crippen LogP contribution in [-0.4, -0.2) is 4.98 Å². The number of hydrogen-bond donors (Lipinski definition) is 0. The second-order valence-corrected chi connectivity index (χ2v) is 4.05. The van der Waals surface area contributed by atoms with Crippen LogP contribution in [0.3, 0.4) is 0 Å². The van der Waals surface area contributed by atoms with Crippen molar-refractivity contribution in [2.75, 3.05) is 0 Å². The first kappa shape index (κ1) is 29.6. The number of benzene rings is 1. The van der Waals surface area contributed by atoms with E-state index in [0.717, 1.165) is 11.3 Å². The second kappa shape index (κ2) is 17.0. The van der Waals surface area contributed by atoms with Crippen LogP contribution in [0, 0.1) is 33.8 Å². The minimum Gasteiger partial charge on any atom is -0.699 e. The molecule has 113 valence electrons. The van der Waals surface area contributed by atoms with Gasteiger partial charge in [0.25, 0.3) is 0 Å². The summed E-state index contributed by atoms with van der Waals surface area (Å²) in [5.74, 6) is 0. The van der Waals surface area contributed by atoms with Crippen LogP contribution in [0.15, 0.2) is 30.5 Å². The smallest absolute Gasteiger partial charge is 0.699 e. The Morgan fingerprint density at radius 2 is 1.50 bits per heavy atom. The molecule has 1 N–H and O–H groups in total. The van der Waals surface area contributed by atoms with Gasteiger partial charge in [0.15, 0.2) is 0 Å². The van der Waals surface area contributed by atoms with Crippen molar-refractivity contribution < 1.29 is 78.6 Å². The van der Waals surface area contributed by atoms with Gasteiger partial charge in [-0.3, -0.25) is 0 Å². The van der Waals surface area contributed by atoms with Gasteiger partial charge < -0.3 is 10.7 Å². The summed E-state index contributed by atoms with van der Waals surface area (Å²) < 4.78 is 0. The molecule has 22 heavy (non-hydrogen) atoms. The Balaban J connectivity index is -0.000000118. The molecule has 0 saturated heterocycles. The maximum Gasteiger partial charge on any atom is 1.00 e. The monoisotopic (exact) mass is 795 g/mol. The average Bonchev–Trinajstić information content (AvgIpc) is 2.42. The molecule has 0 aliphatic heterocycles. The van der Waals surface area contributed by atoms with Crippen molar-refractivity contribution in [1.82, 2.24) is 4.98 Å². The standard InChI is InChI=1S/C8H10N.C7H8N.C2H6.Rb.Re.Rf/c1-6-4-5-9-8(3)7(6)2;1-6-4-2-3-5-7(6)8;1-2;;;/h5H,1-3H3;2-5,8H,1H3;1-2H3;;;/q2*-1;;+1;;. The minimum atomic E-state index is 0. The third-order valence-corrected chi connectivity index (χ3v) is 2.79. The molecule has 0 amide bonds. The summed E-state index contributed by atoms with van der Waals surface area (Å²) in [6.07, 6.45) is 1.72. The summed E-state index contributed by atoms with van der Waals surface area (Å²) >= 11 is 0. The minimum absolute atomic E-state index is 0. The fourth-order valence-corrected chi connectivity index (χ4v) is 1.28. The molecule has 1 aromatic carbocycles. The van der Waals surface area contributed by atoms with E-state index in [2.05, 4.69) is 18.0 Å². The molecule has 1 heterocycles. The molecule has 2 nitrogen and oxygen atoms in total. The summed E-state index contributed by atoms with van der Waals surface area (Å²) in [5, 5.41) is 0. The Hall–Kier alpha value is -0.362. The van der Waals surface area contributed by atoms with E-state index in [0.29, 0.717) is 5.69 Å². The Bertz CT molecular complexity index is 467.